The van der Waals surface area contributed by atoms with Crippen molar-refractivity contribution in [2.45, 2.75) is 19.8 Å². The summed E-state index contributed by atoms with van der Waals surface area (Å²) in [5.74, 6) is -1.29. The van der Waals surface area contributed by atoms with Crippen LogP contribution in [-0.4, -0.2) is 29.3 Å². The van der Waals surface area contributed by atoms with Crippen molar-refractivity contribution < 1.29 is 18.8 Å². The molecule has 0 bridgehead atoms. The van der Waals surface area contributed by atoms with Crippen LogP contribution in [0.5, 0.6) is 0 Å². The van der Waals surface area contributed by atoms with E-state index in [1.54, 1.807) is 24.3 Å². The lowest BCUT2D eigenvalue weighted by Gasteiger charge is -2.26. The Hall–Kier alpha value is -3.15. The summed E-state index contributed by atoms with van der Waals surface area (Å²) in [4.78, 5) is 41.2. The molecule has 2 atom stereocenters. The number of furan rings is 1. The first-order valence-corrected chi connectivity index (χ1v) is 8.98. The number of carbonyl (C=O) groups is 3. The number of rotatable bonds is 4. The Morgan fingerprint density at radius 1 is 1.07 bits per heavy atom. The number of hydrogen-bond donors (Lipinski definition) is 0. The summed E-state index contributed by atoms with van der Waals surface area (Å²) in [7, 11) is 0. The molecule has 3 amide bonds. The largest absolute Gasteiger partial charge is 0.459 e. The summed E-state index contributed by atoms with van der Waals surface area (Å²) < 4.78 is 5.24. The molecule has 2 aromatic rings. The van der Waals surface area contributed by atoms with Crippen molar-refractivity contribution in [3.63, 3.8) is 0 Å². The van der Waals surface area contributed by atoms with Gasteiger partial charge in [0.25, 0.3) is 5.91 Å². The van der Waals surface area contributed by atoms with E-state index in [9.17, 15) is 14.4 Å². The summed E-state index contributed by atoms with van der Waals surface area (Å²) in [6, 6.07) is 10.6. The van der Waals surface area contributed by atoms with E-state index in [4.69, 9.17) is 4.42 Å². The van der Waals surface area contributed by atoms with E-state index in [-0.39, 0.29) is 36.1 Å². The predicted octanol–water partition coefficient (Wildman–Crippen LogP) is 3.14. The van der Waals surface area contributed by atoms with Crippen molar-refractivity contribution in [2.75, 3.05) is 11.6 Å². The molecule has 0 spiro atoms. The fourth-order valence-corrected chi connectivity index (χ4v) is 3.67. The van der Waals surface area contributed by atoms with Crippen molar-refractivity contribution in [3.8, 4) is 0 Å². The second-order valence-electron chi connectivity index (χ2n) is 6.95. The highest BCUT2D eigenvalue weighted by atomic mass is 16.3. The first-order chi connectivity index (χ1) is 13.1. The van der Waals surface area contributed by atoms with Gasteiger partial charge in [0.2, 0.25) is 11.8 Å². The van der Waals surface area contributed by atoms with E-state index in [0.29, 0.717) is 18.5 Å². The van der Waals surface area contributed by atoms with Crippen LogP contribution in [0.15, 0.2) is 59.2 Å². The molecular weight excluding hydrogens is 344 g/mol. The highest BCUT2D eigenvalue weighted by molar-refractivity contribution is 6.08. The third-order valence-corrected chi connectivity index (χ3v) is 5.20. The van der Waals surface area contributed by atoms with E-state index in [1.165, 1.54) is 16.1 Å². The highest BCUT2D eigenvalue weighted by Crippen LogP contribution is 2.35. The molecule has 2 aliphatic rings. The number of anilines is 1. The molecule has 2 heterocycles. The SMILES string of the molecule is Cc1ccc(N(CN2C(=O)[C@@H]3CC=CC[C@H]3C2=O)C(=O)c2ccco2)cc1. The van der Waals surface area contributed by atoms with Gasteiger partial charge in [-0.05, 0) is 44.0 Å². The van der Waals surface area contributed by atoms with Gasteiger partial charge in [0.15, 0.2) is 5.76 Å². The van der Waals surface area contributed by atoms with Crippen LogP contribution in [0.4, 0.5) is 5.69 Å². The zero-order chi connectivity index (χ0) is 19.0. The Morgan fingerprint density at radius 3 is 2.26 bits per heavy atom. The van der Waals surface area contributed by atoms with Gasteiger partial charge in [-0.3, -0.25) is 24.2 Å². The number of aryl methyl sites for hydroxylation is 1. The molecule has 4 rings (SSSR count). The minimum Gasteiger partial charge on any atom is -0.459 e. The second kappa shape index (κ2) is 6.87. The van der Waals surface area contributed by atoms with Gasteiger partial charge in [-0.15, -0.1) is 0 Å². The lowest BCUT2D eigenvalue weighted by molar-refractivity contribution is -0.139. The van der Waals surface area contributed by atoms with E-state index in [1.807, 2.05) is 31.2 Å². The highest BCUT2D eigenvalue weighted by Gasteiger charge is 2.48. The van der Waals surface area contributed by atoms with Gasteiger partial charge in [-0.25, -0.2) is 0 Å². The fraction of sp³-hybridized carbons (Fsp3) is 0.286. The number of benzene rings is 1. The van der Waals surface area contributed by atoms with Crippen LogP contribution in [-0.2, 0) is 9.59 Å². The Labute approximate surface area is 157 Å². The number of carbonyl (C=O) groups excluding carboxylic acids is 3. The molecule has 0 N–H and O–H groups in total. The predicted molar refractivity (Wildman–Crippen MR) is 98.8 cm³/mol. The summed E-state index contributed by atoms with van der Waals surface area (Å²) in [6.45, 7) is 1.83. The molecule has 0 saturated carbocycles. The Kier molecular flexibility index (Phi) is 4.39. The number of amides is 3. The smallest absolute Gasteiger partial charge is 0.295 e. The van der Waals surface area contributed by atoms with Crippen molar-refractivity contribution in [1.29, 1.82) is 0 Å². The van der Waals surface area contributed by atoms with Crippen molar-refractivity contribution in [2.24, 2.45) is 11.8 Å². The normalized spacial score (nSPS) is 21.4. The maximum absolute atomic E-state index is 13.0. The fourth-order valence-electron chi connectivity index (χ4n) is 3.67. The minimum atomic E-state index is -0.391. The minimum absolute atomic E-state index is 0.118. The average molecular weight is 364 g/mol. The van der Waals surface area contributed by atoms with E-state index < -0.39 is 5.91 Å². The molecule has 0 unspecified atom stereocenters. The summed E-state index contributed by atoms with van der Waals surface area (Å²) in [6.07, 6.45) is 6.46. The third kappa shape index (κ3) is 3.07. The van der Waals surface area contributed by atoms with E-state index in [2.05, 4.69) is 0 Å². The molecule has 0 radical (unpaired) electrons. The first kappa shape index (κ1) is 17.3. The molecule has 1 aliphatic carbocycles. The van der Waals surface area contributed by atoms with Crippen LogP contribution < -0.4 is 4.90 Å². The van der Waals surface area contributed by atoms with E-state index >= 15 is 0 Å². The quantitative estimate of drug-likeness (QED) is 0.617. The molecule has 1 aliphatic heterocycles. The average Bonchev–Trinajstić information content (AvgIpc) is 3.30. The summed E-state index contributed by atoms with van der Waals surface area (Å²) in [5.41, 5.74) is 1.66. The van der Waals surface area contributed by atoms with Gasteiger partial charge in [-0.2, -0.15) is 0 Å². The zero-order valence-electron chi connectivity index (χ0n) is 15.0. The zero-order valence-corrected chi connectivity index (χ0v) is 15.0. The van der Waals surface area contributed by atoms with Crippen molar-refractivity contribution in [1.82, 2.24) is 4.90 Å². The van der Waals surface area contributed by atoms with Crippen LogP contribution in [0.25, 0.3) is 0 Å². The van der Waals surface area contributed by atoms with Crippen LogP contribution in [0.2, 0.25) is 0 Å². The summed E-state index contributed by atoms with van der Waals surface area (Å²) in [5, 5.41) is 0. The Bertz CT molecular complexity index is 873. The maximum atomic E-state index is 13.0. The topological polar surface area (TPSA) is 70.8 Å². The van der Waals surface area contributed by atoms with Crippen LogP contribution in [0.3, 0.4) is 0 Å². The second-order valence-corrected chi connectivity index (χ2v) is 6.95. The number of likely N-dealkylation sites (tertiary alicyclic amines) is 1. The summed E-state index contributed by atoms with van der Waals surface area (Å²) >= 11 is 0. The number of hydrogen-bond acceptors (Lipinski definition) is 4. The standard InChI is InChI=1S/C21H20N2O4/c1-14-8-10-15(11-9-14)22(21(26)18-7-4-12-27-18)13-23-19(24)16-5-2-3-6-17(16)20(23)25/h2-4,7-12,16-17H,5-6,13H2,1H3/t16-,17-/m1/s1. The lowest BCUT2D eigenvalue weighted by atomic mass is 9.85. The van der Waals surface area contributed by atoms with Crippen molar-refractivity contribution >= 4 is 23.4 Å². The molecule has 1 fully saturated rings. The molecule has 1 aromatic carbocycles. The first-order valence-electron chi connectivity index (χ1n) is 8.98. The van der Waals surface area contributed by atoms with Gasteiger partial charge >= 0.3 is 0 Å². The van der Waals surface area contributed by atoms with Gasteiger partial charge in [0.1, 0.15) is 6.67 Å². The molecular formula is C21H20N2O4. The van der Waals surface area contributed by atoms with Gasteiger partial charge in [0, 0.05) is 5.69 Å². The number of fused-ring (bicyclic) bond motifs is 1. The Morgan fingerprint density at radius 2 is 1.70 bits per heavy atom. The maximum Gasteiger partial charge on any atom is 0.295 e. The molecule has 1 aromatic heterocycles. The van der Waals surface area contributed by atoms with Gasteiger partial charge in [0.05, 0.1) is 18.1 Å². The van der Waals surface area contributed by atoms with Crippen LogP contribution in [0, 0.1) is 18.8 Å². The Balaban J connectivity index is 1.65. The van der Waals surface area contributed by atoms with E-state index in [0.717, 1.165) is 5.56 Å². The van der Waals surface area contributed by atoms with Gasteiger partial charge < -0.3 is 4.42 Å². The molecule has 6 heteroatoms. The number of allylic oxidation sites excluding steroid dienone is 2. The van der Waals surface area contributed by atoms with Crippen LogP contribution in [0.1, 0.15) is 29.0 Å². The lowest BCUT2D eigenvalue weighted by Crippen LogP contribution is -2.44. The number of nitrogens with zero attached hydrogens (tertiary/aromatic N) is 2. The third-order valence-electron chi connectivity index (χ3n) is 5.20. The molecule has 1 saturated heterocycles. The van der Waals surface area contributed by atoms with Crippen molar-refractivity contribution in [3.05, 3.63) is 66.1 Å². The monoisotopic (exact) mass is 364 g/mol. The number of imide groups is 1. The molecule has 138 valence electrons. The van der Waals surface area contributed by atoms with Gasteiger partial charge in [-0.1, -0.05) is 29.8 Å². The molecule has 27 heavy (non-hydrogen) atoms. The van der Waals surface area contributed by atoms with Crippen LogP contribution >= 0.6 is 0 Å². The molecule has 6 nitrogen and oxygen atoms in total.